The standard InChI is InChI=1S/C27H24FNOS/c1-18(20-6-4-3-5-7-20)29-27(30)16-22-15-21(25-13-10-23(28)17-26(22)25)14-19-8-11-24(31-2)12-9-19/h3-15,17-18H,16H2,1-2H3,(H,29,30)/b21-14+/t18-/m0/s1. The van der Waals surface area contributed by atoms with Crippen molar-refractivity contribution < 1.29 is 9.18 Å². The highest BCUT2D eigenvalue weighted by molar-refractivity contribution is 7.98. The van der Waals surface area contributed by atoms with Crippen molar-refractivity contribution in [1.82, 2.24) is 5.32 Å². The molecule has 0 bridgehead atoms. The summed E-state index contributed by atoms with van der Waals surface area (Å²) in [6.07, 6.45) is 6.34. The van der Waals surface area contributed by atoms with E-state index in [9.17, 15) is 9.18 Å². The quantitative estimate of drug-likeness (QED) is 0.439. The van der Waals surface area contributed by atoms with Crippen LogP contribution in [0.2, 0.25) is 0 Å². The van der Waals surface area contributed by atoms with Gasteiger partial charge in [-0.25, -0.2) is 4.39 Å². The molecule has 1 aliphatic rings. The molecule has 0 spiro atoms. The van der Waals surface area contributed by atoms with E-state index < -0.39 is 0 Å². The molecule has 0 fully saturated rings. The summed E-state index contributed by atoms with van der Waals surface area (Å²) in [4.78, 5) is 14.0. The van der Waals surface area contributed by atoms with E-state index in [-0.39, 0.29) is 24.2 Å². The maximum atomic E-state index is 14.0. The van der Waals surface area contributed by atoms with Crippen LogP contribution in [0, 0.1) is 5.82 Å². The van der Waals surface area contributed by atoms with Crippen LogP contribution in [0.4, 0.5) is 4.39 Å². The van der Waals surface area contributed by atoms with Crippen LogP contribution < -0.4 is 5.32 Å². The Balaban J connectivity index is 1.57. The van der Waals surface area contributed by atoms with Crippen LogP contribution in [0.3, 0.4) is 0 Å². The van der Waals surface area contributed by atoms with Gasteiger partial charge in [-0.05, 0) is 83.0 Å². The number of carbonyl (C=O) groups is 1. The van der Waals surface area contributed by atoms with E-state index in [4.69, 9.17) is 0 Å². The Hall–Kier alpha value is -3.11. The van der Waals surface area contributed by atoms with Gasteiger partial charge in [0.15, 0.2) is 0 Å². The number of halogens is 1. The van der Waals surface area contributed by atoms with E-state index in [1.54, 1.807) is 17.8 Å². The number of rotatable bonds is 6. The van der Waals surface area contributed by atoms with Gasteiger partial charge in [0.05, 0.1) is 12.5 Å². The first-order valence-electron chi connectivity index (χ1n) is 10.2. The number of amides is 1. The van der Waals surface area contributed by atoms with Crippen molar-refractivity contribution in [2.75, 3.05) is 6.26 Å². The molecule has 156 valence electrons. The van der Waals surface area contributed by atoms with Crippen LogP contribution in [0.5, 0.6) is 0 Å². The molecular formula is C27H24FNOS. The van der Waals surface area contributed by atoms with Crippen LogP contribution in [0.15, 0.2) is 83.8 Å². The minimum absolute atomic E-state index is 0.0802. The van der Waals surface area contributed by atoms with Crippen molar-refractivity contribution in [3.63, 3.8) is 0 Å². The number of thioether (sulfide) groups is 1. The van der Waals surface area contributed by atoms with Gasteiger partial charge in [-0.15, -0.1) is 11.8 Å². The van der Waals surface area contributed by atoms with E-state index >= 15 is 0 Å². The van der Waals surface area contributed by atoms with Gasteiger partial charge in [0.25, 0.3) is 0 Å². The number of hydrogen-bond donors (Lipinski definition) is 1. The minimum Gasteiger partial charge on any atom is -0.349 e. The first-order valence-corrected chi connectivity index (χ1v) is 11.5. The lowest BCUT2D eigenvalue weighted by Crippen LogP contribution is -2.26. The summed E-state index contributed by atoms with van der Waals surface area (Å²) >= 11 is 1.70. The predicted octanol–water partition coefficient (Wildman–Crippen LogP) is 6.75. The van der Waals surface area contributed by atoms with Crippen LogP contribution in [0.1, 0.15) is 41.6 Å². The highest BCUT2D eigenvalue weighted by Gasteiger charge is 2.22. The lowest BCUT2D eigenvalue weighted by molar-refractivity contribution is -0.120. The first-order chi connectivity index (χ1) is 15.0. The average Bonchev–Trinajstić information content (AvgIpc) is 3.10. The molecule has 0 unspecified atom stereocenters. The summed E-state index contributed by atoms with van der Waals surface area (Å²) < 4.78 is 14.0. The Morgan fingerprint density at radius 3 is 2.48 bits per heavy atom. The second-order valence-corrected chi connectivity index (χ2v) is 8.49. The Bertz CT molecular complexity index is 1150. The van der Waals surface area contributed by atoms with Crippen molar-refractivity contribution in [3.05, 3.63) is 107 Å². The molecule has 0 saturated carbocycles. The SMILES string of the molecule is CSc1ccc(/C=C2\C=C(CC(=O)N[C@@H](C)c3ccccc3)c3cc(F)ccc32)cc1. The summed E-state index contributed by atoms with van der Waals surface area (Å²) in [6.45, 7) is 1.97. The lowest BCUT2D eigenvalue weighted by Gasteiger charge is -2.15. The van der Waals surface area contributed by atoms with Crippen molar-refractivity contribution in [3.8, 4) is 0 Å². The van der Waals surface area contributed by atoms with Crippen molar-refractivity contribution in [1.29, 1.82) is 0 Å². The smallest absolute Gasteiger partial charge is 0.224 e. The molecule has 0 saturated heterocycles. The molecule has 31 heavy (non-hydrogen) atoms. The molecule has 1 amide bonds. The number of nitrogens with one attached hydrogen (secondary N) is 1. The predicted molar refractivity (Wildman–Crippen MR) is 128 cm³/mol. The Morgan fingerprint density at radius 2 is 1.77 bits per heavy atom. The fourth-order valence-corrected chi connectivity index (χ4v) is 4.22. The van der Waals surface area contributed by atoms with Gasteiger partial charge in [-0.3, -0.25) is 4.79 Å². The zero-order chi connectivity index (χ0) is 21.8. The van der Waals surface area contributed by atoms with Gasteiger partial charge in [0.2, 0.25) is 5.91 Å². The van der Waals surface area contributed by atoms with Crippen LogP contribution in [-0.4, -0.2) is 12.2 Å². The average molecular weight is 430 g/mol. The number of carbonyl (C=O) groups excluding carboxylic acids is 1. The molecular weight excluding hydrogens is 405 g/mol. The molecule has 2 nitrogen and oxygen atoms in total. The Labute approximate surface area is 186 Å². The Morgan fingerprint density at radius 1 is 1.03 bits per heavy atom. The van der Waals surface area contributed by atoms with Crippen LogP contribution in [-0.2, 0) is 4.79 Å². The molecule has 0 heterocycles. The second kappa shape index (κ2) is 9.36. The van der Waals surface area contributed by atoms with Gasteiger partial charge in [-0.2, -0.15) is 0 Å². The van der Waals surface area contributed by atoms with Crippen molar-refractivity contribution >= 4 is 34.9 Å². The molecule has 1 atom stereocenters. The molecule has 0 aromatic heterocycles. The number of fused-ring (bicyclic) bond motifs is 1. The highest BCUT2D eigenvalue weighted by Crippen LogP contribution is 2.38. The monoisotopic (exact) mass is 429 g/mol. The third-order valence-corrected chi connectivity index (χ3v) is 6.18. The van der Waals surface area contributed by atoms with Crippen LogP contribution >= 0.6 is 11.8 Å². The fraction of sp³-hybridized carbons (Fsp3) is 0.148. The van der Waals surface area contributed by atoms with Crippen molar-refractivity contribution in [2.24, 2.45) is 0 Å². The second-order valence-electron chi connectivity index (χ2n) is 7.61. The van der Waals surface area contributed by atoms with E-state index in [2.05, 4.69) is 35.7 Å². The molecule has 3 aromatic carbocycles. The summed E-state index contributed by atoms with van der Waals surface area (Å²) in [5, 5.41) is 3.05. The molecule has 4 rings (SSSR count). The van der Waals surface area contributed by atoms with E-state index in [0.717, 1.165) is 33.4 Å². The fourth-order valence-electron chi connectivity index (χ4n) is 3.81. The largest absolute Gasteiger partial charge is 0.349 e. The molecule has 0 aliphatic heterocycles. The third-order valence-electron chi connectivity index (χ3n) is 5.43. The van der Waals surface area contributed by atoms with Crippen molar-refractivity contribution in [2.45, 2.75) is 24.3 Å². The van der Waals surface area contributed by atoms with Gasteiger partial charge in [-0.1, -0.05) is 48.5 Å². The molecule has 0 radical (unpaired) electrons. The first kappa shape index (κ1) is 21.1. The zero-order valence-electron chi connectivity index (χ0n) is 17.6. The molecule has 3 aromatic rings. The van der Waals surface area contributed by atoms with Crippen LogP contribution in [0.25, 0.3) is 17.2 Å². The number of allylic oxidation sites excluding steroid dienone is 2. The maximum Gasteiger partial charge on any atom is 0.224 e. The third kappa shape index (κ3) is 4.97. The topological polar surface area (TPSA) is 29.1 Å². The highest BCUT2D eigenvalue weighted by atomic mass is 32.2. The number of hydrogen-bond acceptors (Lipinski definition) is 2. The molecule has 4 heteroatoms. The summed E-state index contributed by atoms with van der Waals surface area (Å²) in [5.41, 5.74) is 5.69. The van der Waals surface area contributed by atoms with Gasteiger partial charge >= 0.3 is 0 Å². The van der Waals surface area contributed by atoms with Gasteiger partial charge in [0.1, 0.15) is 5.82 Å². The minimum atomic E-state index is -0.298. The number of benzene rings is 3. The Kier molecular flexibility index (Phi) is 6.38. The lowest BCUT2D eigenvalue weighted by atomic mass is 10.0. The molecule has 1 aliphatic carbocycles. The summed E-state index contributed by atoms with van der Waals surface area (Å²) in [5.74, 6) is -0.378. The molecule has 1 N–H and O–H groups in total. The summed E-state index contributed by atoms with van der Waals surface area (Å²) in [7, 11) is 0. The van der Waals surface area contributed by atoms with E-state index in [1.165, 1.54) is 17.0 Å². The zero-order valence-corrected chi connectivity index (χ0v) is 18.4. The van der Waals surface area contributed by atoms with E-state index in [1.807, 2.05) is 49.6 Å². The normalized spacial score (nSPS) is 14.8. The van der Waals surface area contributed by atoms with E-state index in [0.29, 0.717) is 0 Å². The maximum absolute atomic E-state index is 14.0. The van der Waals surface area contributed by atoms with Gasteiger partial charge < -0.3 is 5.32 Å². The van der Waals surface area contributed by atoms with Gasteiger partial charge in [0, 0.05) is 4.90 Å². The summed E-state index contributed by atoms with van der Waals surface area (Å²) in [6, 6.07) is 22.9.